The Morgan fingerprint density at radius 1 is 1.19 bits per heavy atom. The molecular weight excluding hydrogens is 420 g/mol. The van der Waals surface area contributed by atoms with Crippen LogP contribution >= 0.6 is 15.9 Å². The fraction of sp³-hybridized carbons (Fsp3) is 0.350. The number of hydrogen-bond acceptors (Lipinski definition) is 3. The standard InChI is InChI=1S/C20H20BrF2NO3/c1-27-18-5-2-13(21)10-16(18)19(15-4-3-14(22)11-17(15)23)24-8-6-12(7-9-24)20(25)26/h2-5,10-12,19H,6-9H2,1H3,(H,25,26). The predicted octanol–water partition coefficient (Wildman–Crippen LogP) is 4.62. The number of piperidine rings is 1. The second-order valence-corrected chi connectivity index (χ2v) is 7.52. The van der Waals surface area contributed by atoms with E-state index in [4.69, 9.17) is 4.74 Å². The Kier molecular flexibility index (Phi) is 6.11. The van der Waals surface area contributed by atoms with E-state index in [0.717, 1.165) is 16.1 Å². The summed E-state index contributed by atoms with van der Waals surface area (Å²) in [5.74, 6) is -1.89. The van der Waals surface area contributed by atoms with Gasteiger partial charge < -0.3 is 9.84 Å². The summed E-state index contributed by atoms with van der Waals surface area (Å²) in [6, 6.07) is 8.52. The maximum Gasteiger partial charge on any atom is 0.306 e. The molecule has 1 N–H and O–H groups in total. The van der Waals surface area contributed by atoms with Gasteiger partial charge in [0.2, 0.25) is 0 Å². The van der Waals surface area contributed by atoms with Crippen molar-refractivity contribution in [2.45, 2.75) is 18.9 Å². The van der Waals surface area contributed by atoms with Crippen molar-refractivity contribution in [3.8, 4) is 5.75 Å². The van der Waals surface area contributed by atoms with Gasteiger partial charge in [-0.15, -0.1) is 0 Å². The number of benzene rings is 2. The Bertz CT molecular complexity index is 838. The minimum absolute atomic E-state index is 0.335. The molecule has 2 aromatic carbocycles. The van der Waals surface area contributed by atoms with Crippen LogP contribution in [-0.4, -0.2) is 36.2 Å². The van der Waals surface area contributed by atoms with E-state index in [0.29, 0.717) is 37.2 Å². The van der Waals surface area contributed by atoms with Crippen LogP contribution in [0.3, 0.4) is 0 Å². The first-order valence-electron chi connectivity index (χ1n) is 8.66. The van der Waals surface area contributed by atoms with Crippen LogP contribution < -0.4 is 4.74 Å². The molecule has 1 heterocycles. The van der Waals surface area contributed by atoms with E-state index in [1.165, 1.54) is 12.1 Å². The summed E-state index contributed by atoms with van der Waals surface area (Å²) in [6.45, 7) is 0.988. The first-order valence-corrected chi connectivity index (χ1v) is 9.45. The molecule has 0 aliphatic carbocycles. The number of likely N-dealkylation sites (tertiary alicyclic amines) is 1. The van der Waals surface area contributed by atoms with Crippen molar-refractivity contribution in [2.24, 2.45) is 5.92 Å². The molecule has 27 heavy (non-hydrogen) atoms. The van der Waals surface area contributed by atoms with E-state index >= 15 is 0 Å². The van der Waals surface area contributed by atoms with Gasteiger partial charge in [0.05, 0.1) is 19.1 Å². The molecule has 0 spiro atoms. The Balaban J connectivity index is 2.05. The molecule has 1 aliphatic rings. The minimum Gasteiger partial charge on any atom is -0.496 e. The van der Waals surface area contributed by atoms with E-state index in [2.05, 4.69) is 15.9 Å². The van der Waals surface area contributed by atoms with Gasteiger partial charge in [0.15, 0.2) is 0 Å². The van der Waals surface area contributed by atoms with Gasteiger partial charge in [0, 0.05) is 21.7 Å². The van der Waals surface area contributed by atoms with E-state index in [-0.39, 0.29) is 0 Å². The zero-order chi connectivity index (χ0) is 19.6. The third kappa shape index (κ3) is 4.30. The number of halogens is 3. The molecule has 1 unspecified atom stereocenters. The topological polar surface area (TPSA) is 49.8 Å². The van der Waals surface area contributed by atoms with Crippen molar-refractivity contribution in [3.63, 3.8) is 0 Å². The lowest BCUT2D eigenvalue weighted by atomic mass is 9.90. The number of methoxy groups -OCH3 is 1. The highest BCUT2D eigenvalue weighted by Gasteiger charge is 2.33. The van der Waals surface area contributed by atoms with Crippen molar-refractivity contribution in [2.75, 3.05) is 20.2 Å². The average Bonchev–Trinajstić information content (AvgIpc) is 2.64. The third-order valence-electron chi connectivity index (χ3n) is 4.99. The van der Waals surface area contributed by atoms with Crippen molar-refractivity contribution in [1.82, 2.24) is 4.90 Å². The number of carboxylic acid groups (broad SMARTS) is 1. The Morgan fingerprint density at radius 2 is 1.89 bits per heavy atom. The first-order chi connectivity index (χ1) is 12.9. The molecule has 2 aromatic rings. The largest absolute Gasteiger partial charge is 0.496 e. The Hall–Kier alpha value is -1.99. The highest BCUT2D eigenvalue weighted by molar-refractivity contribution is 9.10. The lowest BCUT2D eigenvalue weighted by Crippen LogP contribution is -2.39. The zero-order valence-electron chi connectivity index (χ0n) is 14.8. The molecule has 0 amide bonds. The molecule has 0 saturated carbocycles. The van der Waals surface area contributed by atoms with Crippen LogP contribution in [0.1, 0.15) is 30.0 Å². The van der Waals surface area contributed by atoms with Crippen molar-refractivity contribution >= 4 is 21.9 Å². The normalized spacial score (nSPS) is 16.9. The maximum absolute atomic E-state index is 14.7. The summed E-state index contributed by atoms with van der Waals surface area (Å²) in [4.78, 5) is 13.3. The molecule has 7 heteroatoms. The van der Waals surface area contributed by atoms with Gasteiger partial charge in [-0.2, -0.15) is 0 Å². The van der Waals surface area contributed by atoms with Crippen molar-refractivity contribution < 1.29 is 23.4 Å². The number of nitrogens with zero attached hydrogens (tertiary/aromatic N) is 1. The van der Waals surface area contributed by atoms with Crippen LogP contribution in [0.15, 0.2) is 40.9 Å². The molecular formula is C20H20BrF2NO3. The molecule has 1 atom stereocenters. The number of hydrogen-bond donors (Lipinski definition) is 1. The molecule has 144 valence electrons. The molecule has 0 aromatic heterocycles. The molecule has 1 fully saturated rings. The monoisotopic (exact) mass is 439 g/mol. The summed E-state index contributed by atoms with van der Waals surface area (Å²) >= 11 is 3.44. The molecule has 3 rings (SSSR count). The van der Waals surface area contributed by atoms with Crippen LogP contribution in [0.4, 0.5) is 8.78 Å². The van der Waals surface area contributed by atoms with Crippen molar-refractivity contribution in [1.29, 1.82) is 0 Å². The van der Waals surface area contributed by atoms with Gasteiger partial charge in [-0.05, 0) is 50.2 Å². The van der Waals surface area contributed by atoms with E-state index in [9.17, 15) is 18.7 Å². The number of carboxylic acids is 1. The minimum atomic E-state index is -0.806. The SMILES string of the molecule is COc1ccc(Br)cc1C(c1ccc(F)cc1F)N1CCC(C(=O)O)CC1. The van der Waals surface area contributed by atoms with Crippen LogP contribution in [0.5, 0.6) is 5.75 Å². The lowest BCUT2D eigenvalue weighted by Gasteiger charge is -2.37. The fourth-order valence-corrected chi connectivity index (χ4v) is 3.99. The Labute approximate surface area is 164 Å². The third-order valence-corrected chi connectivity index (χ3v) is 5.48. The summed E-state index contributed by atoms with van der Waals surface area (Å²) in [5, 5.41) is 9.24. The van der Waals surface area contributed by atoms with E-state index in [1.54, 1.807) is 13.2 Å². The first kappa shape index (κ1) is 19.8. The summed E-state index contributed by atoms with van der Waals surface area (Å²) < 4.78 is 34.4. The highest BCUT2D eigenvalue weighted by Crippen LogP contribution is 2.39. The summed E-state index contributed by atoms with van der Waals surface area (Å²) in [5.41, 5.74) is 1.08. The van der Waals surface area contributed by atoms with Gasteiger partial charge in [-0.25, -0.2) is 8.78 Å². The van der Waals surface area contributed by atoms with Gasteiger partial charge in [0.1, 0.15) is 17.4 Å². The second kappa shape index (κ2) is 8.35. The summed E-state index contributed by atoms with van der Waals surface area (Å²) in [7, 11) is 1.54. The number of rotatable bonds is 5. The average molecular weight is 440 g/mol. The zero-order valence-corrected chi connectivity index (χ0v) is 16.4. The van der Waals surface area contributed by atoms with Gasteiger partial charge in [-0.3, -0.25) is 9.69 Å². The van der Waals surface area contributed by atoms with E-state index < -0.39 is 29.6 Å². The van der Waals surface area contributed by atoms with Gasteiger partial charge in [-0.1, -0.05) is 22.0 Å². The Morgan fingerprint density at radius 3 is 2.48 bits per heavy atom. The summed E-state index contributed by atoms with van der Waals surface area (Å²) in [6.07, 6.45) is 0.954. The van der Waals surface area contributed by atoms with Gasteiger partial charge in [0.25, 0.3) is 0 Å². The quantitative estimate of drug-likeness (QED) is 0.737. The fourth-order valence-electron chi connectivity index (χ4n) is 3.61. The van der Waals surface area contributed by atoms with Crippen molar-refractivity contribution in [3.05, 3.63) is 63.6 Å². The van der Waals surface area contributed by atoms with Crippen LogP contribution in [-0.2, 0) is 4.79 Å². The van der Waals surface area contributed by atoms with Crippen LogP contribution in [0.2, 0.25) is 0 Å². The number of carbonyl (C=O) groups is 1. The number of aliphatic carboxylic acids is 1. The van der Waals surface area contributed by atoms with Crippen LogP contribution in [0.25, 0.3) is 0 Å². The van der Waals surface area contributed by atoms with E-state index in [1.807, 2.05) is 17.0 Å². The lowest BCUT2D eigenvalue weighted by molar-refractivity contribution is -0.143. The molecule has 4 nitrogen and oxygen atoms in total. The molecule has 0 radical (unpaired) electrons. The second-order valence-electron chi connectivity index (χ2n) is 6.60. The molecule has 1 aliphatic heterocycles. The number of ether oxygens (including phenoxy) is 1. The maximum atomic E-state index is 14.7. The molecule has 1 saturated heterocycles. The molecule has 0 bridgehead atoms. The predicted molar refractivity (Wildman–Crippen MR) is 101 cm³/mol. The van der Waals surface area contributed by atoms with Gasteiger partial charge >= 0.3 is 5.97 Å². The highest BCUT2D eigenvalue weighted by atomic mass is 79.9. The smallest absolute Gasteiger partial charge is 0.306 e. The van der Waals surface area contributed by atoms with Crippen LogP contribution in [0, 0.1) is 17.6 Å².